The summed E-state index contributed by atoms with van der Waals surface area (Å²) in [6.07, 6.45) is 1.87. The number of hydrogen-bond donors (Lipinski definition) is 2. The fourth-order valence-electron chi connectivity index (χ4n) is 3.04. The third kappa shape index (κ3) is 4.80. The molecule has 2 N–H and O–H groups in total. The molecule has 8 heteroatoms. The number of rotatable bonds is 5. The molecule has 1 amide bonds. The SMILES string of the molecule is CN(c1ccccc1)S(=O)(=O)c1ccccc1C(=O)N[C@H]1CCCNC1.Cl. The van der Waals surface area contributed by atoms with Crippen LogP contribution in [0.15, 0.2) is 59.5 Å². The topological polar surface area (TPSA) is 78.5 Å². The zero-order valence-corrected chi connectivity index (χ0v) is 16.7. The molecule has 1 fully saturated rings. The first-order valence-electron chi connectivity index (χ1n) is 8.65. The number of anilines is 1. The van der Waals surface area contributed by atoms with E-state index in [1.807, 2.05) is 6.07 Å². The third-order valence-electron chi connectivity index (χ3n) is 4.52. The monoisotopic (exact) mass is 409 g/mol. The number of halogens is 1. The maximum atomic E-state index is 13.1. The fourth-order valence-corrected chi connectivity index (χ4v) is 4.43. The number of carbonyl (C=O) groups is 1. The molecule has 0 aliphatic carbocycles. The maximum absolute atomic E-state index is 13.1. The van der Waals surface area contributed by atoms with E-state index in [0.717, 1.165) is 19.4 Å². The van der Waals surface area contributed by atoms with E-state index >= 15 is 0 Å². The molecular formula is C19H24ClN3O3S. The van der Waals surface area contributed by atoms with Gasteiger partial charge in [-0.15, -0.1) is 12.4 Å². The molecule has 6 nitrogen and oxygen atoms in total. The number of nitrogens with one attached hydrogen (secondary N) is 2. The highest BCUT2D eigenvalue weighted by Crippen LogP contribution is 2.24. The molecule has 0 saturated carbocycles. The standard InChI is InChI=1S/C19H23N3O3S.ClH/c1-22(16-9-3-2-4-10-16)26(24,25)18-12-6-5-11-17(18)19(23)21-15-8-7-13-20-14-15;/h2-6,9-12,15,20H,7-8,13-14H2,1H3,(H,21,23);1H/t15-;/m0./s1. The van der Waals surface area contributed by atoms with Crippen molar-refractivity contribution in [1.82, 2.24) is 10.6 Å². The normalized spacial score (nSPS) is 16.9. The molecular weight excluding hydrogens is 386 g/mol. The molecule has 0 aromatic heterocycles. The van der Waals surface area contributed by atoms with Crippen molar-refractivity contribution in [3.05, 3.63) is 60.2 Å². The summed E-state index contributed by atoms with van der Waals surface area (Å²) in [5.41, 5.74) is 0.708. The molecule has 0 bridgehead atoms. The van der Waals surface area contributed by atoms with Crippen molar-refractivity contribution in [1.29, 1.82) is 0 Å². The lowest BCUT2D eigenvalue weighted by Gasteiger charge is -2.25. The van der Waals surface area contributed by atoms with Crippen molar-refractivity contribution >= 4 is 34.0 Å². The zero-order chi connectivity index (χ0) is 18.6. The van der Waals surface area contributed by atoms with Gasteiger partial charge < -0.3 is 10.6 Å². The number of nitrogens with zero attached hydrogens (tertiary/aromatic N) is 1. The van der Waals surface area contributed by atoms with Gasteiger partial charge in [0, 0.05) is 19.6 Å². The van der Waals surface area contributed by atoms with Crippen molar-refractivity contribution in [2.45, 2.75) is 23.8 Å². The number of piperidine rings is 1. The van der Waals surface area contributed by atoms with Crippen molar-refractivity contribution in [2.24, 2.45) is 0 Å². The van der Waals surface area contributed by atoms with Gasteiger partial charge in [-0.05, 0) is 43.7 Å². The minimum Gasteiger partial charge on any atom is -0.348 e. The Labute approximate surface area is 166 Å². The van der Waals surface area contributed by atoms with Crippen LogP contribution in [0.5, 0.6) is 0 Å². The summed E-state index contributed by atoms with van der Waals surface area (Å²) in [5, 5.41) is 6.18. The highest BCUT2D eigenvalue weighted by Gasteiger charge is 2.27. The number of para-hydroxylation sites is 1. The maximum Gasteiger partial charge on any atom is 0.264 e. The van der Waals surface area contributed by atoms with E-state index in [1.165, 1.54) is 17.4 Å². The summed E-state index contributed by atoms with van der Waals surface area (Å²) in [6.45, 7) is 1.64. The van der Waals surface area contributed by atoms with Crippen molar-refractivity contribution in [3.8, 4) is 0 Å². The average Bonchev–Trinajstić information content (AvgIpc) is 2.69. The summed E-state index contributed by atoms with van der Waals surface area (Å²) >= 11 is 0. The van der Waals surface area contributed by atoms with Gasteiger partial charge >= 0.3 is 0 Å². The first-order chi connectivity index (χ1) is 12.5. The van der Waals surface area contributed by atoms with E-state index in [1.54, 1.807) is 42.5 Å². The lowest BCUT2D eigenvalue weighted by molar-refractivity contribution is 0.0927. The summed E-state index contributed by atoms with van der Waals surface area (Å²) in [4.78, 5) is 12.7. The molecule has 1 aliphatic rings. The molecule has 2 aromatic carbocycles. The van der Waals surface area contributed by atoms with Crippen LogP contribution < -0.4 is 14.9 Å². The van der Waals surface area contributed by atoms with E-state index in [2.05, 4.69) is 10.6 Å². The van der Waals surface area contributed by atoms with Crippen molar-refractivity contribution < 1.29 is 13.2 Å². The molecule has 0 radical (unpaired) electrons. The summed E-state index contributed by atoms with van der Waals surface area (Å²) < 4.78 is 27.4. The van der Waals surface area contributed by atoms with E-state index in [-0.39, 0.29) is 34.8 Å². The van der Waals surface area contributed by atoms with Crippen molar-refractivity contribution in [3.63, 3.8) is 0 Å². The minimum atomic E-state index is -3.85. The van der Waals surface area contributed by atoms with Gasteiger partial charge in [0.25, 0.3) is 15.9 Å². The summed E-state index contributed by atoms with van der Waals surface area (Å²) in [6, 6.07) is 15.1. The number of sulfonamides is 1. The second kappa shape index (κ2) is 9.21. The van der Waals surface area contributed by atoms with Crippen LogP contribution >= 0.6 is 12.4 Å². The predicted molar refractivity (Wildman–Crippen MR) is 109 cm³/mol. The molecule has 1 atom stereocenters. The molecule has 3 rings (SSSR count). The van der Waals surface area contributed by atoms with Crippen LogP contribution in [0, 0.1) is 0 Å². The Morgan fingerprint density at radius 2 is 1.78 bits per heavy atom. The first-order valence-corrected chi connectivity index (χ1v) is 10.1. The molecule has 1 aliphatic heterocycles. The van der Waals surface area contributed by atoms with E-state index in [4.69, 9.17) is 0 Å². The third-order valence-corrected chi connectivity index (χ3v) is 6.37. The van der Waals surface area contributed by atoms with Crippen LogP contribution in [-0.2, 0) is 10.0 Å². The predicted octanol–water partition coefficient (Wildman–Crippen LogP) is 2.42. The molecule has 2 aromatic rings. The lowest BCUT2D eigenvalue weighted by atomic mass is 10.1. The molecule has 0 unspecified atom stereocenters. The van der Waals surface area contributed by atoms with Gasteiger partial charge in [-0.1, -0.05) is 30.3 Å². The molecule has 146 valence electrons. The van der Waals surface area contributed by atoms with Crippen LogP contribution in [0.2, 0.25) is 0 Å². The van der Waals surface area contributed by atoms with Gasteiger partial charge in [0.2, 0.25) is 0 Å². The van der Waals surface area contributed by atoms with Crippen LogP contribution in [0.25, 0.3) is 0 Å². The molecule has 1 heterocycles. The fraction of sp³-hybridized carbons (Fsp3) is 0.316. The van der Waals surface area contributed by atoms with Gasteiger partial charge in [0.15, 0.2) is 0 Å². The van der Waals surface area contributed by atoms with E-state index < -0.39 is 10.0 Å². The quantitative estimate of drug-likeness (QED) is 0.794. The number of benzene rings is 2. The van der Waals surface area contributed by atoms with Gasteiger partial charge in [0.05, 0.1) is 11.3 Å². The zero-order valence-electron chi connectivity index (χ0n) is 15.1. The first kappa shape index (κ1) is 21.2. The van der Waals surface area contributed by atoms with Crippen LogP contribution in [0.4, 0.5) is 5.69 Å². The highest BCUT2D eigenvalue weighted by atomic mass is 35.5. The van der Waals surface area contributed by atoms with E-state index in [9.17, 15) is 13.2 Å². The van der Waals surface area contributed by atoms with E-state index in [0.29, 0.717) is 12.2 Å². The van der Waals surface area contributed by atoms with Gasteiger partial charge in [-0.2, -0.15) is 0 Å². The minimum absolute atomic E-state index is 0. The summed E-state index contributed by atoms with van der Waals surface area (Å²) in [7, 11) is -2.36. The highest BCUT2D eigenvalue weighted by molar-refractivity contribution is 7.92. The number of hydrogen-bond acceptors (Lipinski definition) is 4. The molecule has 1 saturated heterocycles. The van der Waals surface area contributed by atoms with Crippen LogP contribution in [0.3, 0.4) is 0 Å². The second-order valence-electron chi connectivity index (χ2n) is 6.32. The second-order valence-corrected chi connectivity index (χ2v) is 8.26. The Balaban J connectivity index is 0.00000261. The van der Waals surface area contributed by atoms with Crippen LogP contribution in [0.1, 0.15) is 23.2 Å². The number of carbonyl (C=O) groups excluding carboxylic acids is 1. The Morgan fingerprint density at radius 3 is 2.44 bits per heavy atom. The number of amides is 1. The van der Waals surface area contributed by atoms with Crippen LogP contribution in [-0.4, -0.2) is 40.5 Å². The summed E-state index contributed by atoms with van der Waals surface area (Å²) in [5.74, 6) is -0.362. The Kier molecular flexibility index (Phi) is 7.24. The average molecular weight is 410 g/mol. The molecule has 27 heavy (non-hydrogen) atoms. The van der Waals surface area contributed by atoms with Crippen molar-refractivity contribution in [2.75, 3.05) is 24.4 Å². The lowest BCUT2D eigenvalue weighted by Crippen LogP contribution is -2.46. The smallest absolute Gasteiger partial charge is 0.264 e. The Bertz CT molecular complexity index is 869. The molecule has 0 spiro atoms. The van der Waals surface area contributed by atoms with Gasteiger partial charge in [-0.25, -0.2) is 8.42 Å². The Hall–Kier alpha value is -2.09. The Morgan fingerprint density at radius 1 is 1.11 bits per heavy atom. The largest absolute Gasteiger partial charge is 0.348 e. The van der Waals surface area contributed by atoms with Gasteiger partial charge in [0.1, 0.15) is 4.90 Å². The van der Waals surface area contributed by atoms with Gasteiger partial charge in [-0.3, -0.25) is 9.10 Å².